The Labute approximate surface area is 401 Å². The summed E-state index contributed by atoms with van der Waals surface area (Å²) in [4.78, 5) is 82.1. The van der Waals surface area contributed by atoms with E-state index in [4.69, 9.17) is 40.6 Å². The molecule has 2 saturated heterocycles. The highest BCUT2D eigenvalue weighted by Crippen LogP contribution is 2.39. The molecule has 0 aromatic carbocycles. The van der Waals surface area contributed by atoms with Crippen LogP contribution >= 0.6 is 12.2 Å². The lowest BCUT2D eigenvalue weighted by atomic mass is 9.81. The van der Waals surface area contributed by atoms with Gasteiger partial charge in [0.1, 0.15) is 30.1 Å². The van der Waals surface area contributed by atoms with Crippen LogP contribution in [-0.2, 0) is 61.9 Å². The lowest BCUT2D eigenvalue weighted by molar-refractivity contribution is -0.302. The minimum absolute atomic E-state index is 0.00415. The quantitative estimate of drug-likeness (QED) is 0.115. The van der Waals surface area contributed by atoms with Crippen molar-refractivity contribution in [2.45, 2.75) is 180 Å². The van der Waals surface area contributed by atoms with Crippen LogP contribution in [0.1, 0.15) is 125 Å². The molecule has 378 valence electrons. The molecule has 1 saturated carbocycles. The number of carbonyl (C=O) groups excluding carboxylic acids is 6. The smallest absolute Gasteiger partial charge is 0.329 e. The SMILES string of the molecule is CC[C@@H]1/C=C(\C)C[C@H](C)C[C@H](OC)[C@H]2O[C@@](O)(C(=O)C(=O)N3CCCC[C@H]3C(=O)O[C@H](/C(C)=C/[C@@H]3CC[C@@H](OC(=S)NC(=O)CCC(=O)OC)[C@H](OC)C3)[C@H](C)[C@@H](O)CC1=O)[C@H](C)C[C@@H]2OC. The highest BCUT2D eigenvalue weighted by atomic mass is 32.1. The molecule has 3 fully saturated rings. The molecule has 2 amide bonds. The van der Waals surface area contributed by atoms with E-state index in [0.29, 0.717) is 56.9 Å². The molecule has 3 heterocycles. The van der Waals surface area contributed by atoms with E-state index in [0.717, 1.165) is 10.5 Å². The second-order valence-electron chi connectivity index (χ2n) is 19.2. The third-order valence-electron chi connectivity index (χ3n) is 14.2. The summed E-state index contributed by atoms with van der Waals surface area (Å²) in [6, 6.07) is -1.19. The first-order valence-electron chi connectivity index (χ1n) is 23.9. The third kappa shape index (κ3) is 14.7. The highest BCUT2D eigenvalue weighted by molar-refractivity contribution is 7.80. The standard InChI is InChI=1S/C49H76N2O15S/c1-11-33-21-27(2)20-28(3)22-39(61-8)44-40(62-9)24-30(5)49(59,66-44)45(56)46(57)51-19-13-12-14-34(51)47(58)65-43(31(6)35(52)26-36(33)53)29(4)23-32-15-16-37(38(25-32)60-7)64-48(67)50-41(54)17-18-42(55)63-10/h21,23,28,30-35,37-40,43-44,52,59H,11-20,22,24-26H2,1-10H3,(H,50,54,67)/b27-21+,29-23+/t28-,30+,31+,32-,33+,34-,35-,37+,38+,39-,40-,43+,44+,49+/m0/s1. The number of nitrogens with zero attached hydrogens (tertiary/aromatic N) is 1. The van der Waals surface area contributed by atoms with Gasteiger partial charge in [0.2, 0.25) is 11.7 Å². The van der Waals surface area contributed by atoms with Crippen LogP contribution in [0, 0.1) is 29.6 Å². The number of aliphatic hydroxyl groups excluding tert-OH is 1. The average Bonchev–Trinajstić information content (AvgIpc) is 3.30. The number of nitrogens with one attached hydrogen (secondary N) is 1. The minimum Gasteiger partial charge on any atom is -0.469 e. The van der Waals surface area contributed by atoms with Crippen molar-refractivity contribution >= 4 is 52.7 Å². The van der Waals surface area contributed by atoms with Crippen LogP contribution in [0.25, 0.3) is 0 Å². The lowest BCUT2D eigenvalue weighted by Gasteiger charge is -2.47. The van der Waals surface area contributed by atoms with Gasteiger partial charge in [-0.25, -0.2) is 4.79 Å². The summed E-state index contributed by atoms with van der Waals surface area (Å²) >= 11 is 5.29. The van der Waals surface area contributed by atoms with Gasteiger partial charge in [-0.2, -0.15) is 0 Å². The van der Waals surface area contributed by atoms with Gasteiger partial charge in [-0.3, -0.25) is 29.3 Å². The Morgan fingerprint density at radius 1 is 0.925 bits per heavy atom. The van der Waals surface area contributed by atoms with Gasteiger partial charge >= 0.3 is 11.9 Å². The number of ketones is 2. The maximum Gasteiger partial charge on any atom is 0.329 e. The maximum absolute atomic E-state index is 14.5. The van der Waals surface area contributed by atoms with Gasteiger partial charge < -0.3 is 48.3 Å². The van der Waals surface area contributed by atoms with E-state index >= 15 is 0 Å². The zero-order valence-electron chi connectivity index (χ0n) is 41.1. The second-order valence-corrected chi connectivity index (χ2v) is 19.5. The van der Waals surface area contributed by atoms with Crippen molar-refractivity contribution in [3.8, 4) is 0 Å². The molecule has 3 aliphatic heterocycles. The number of thiocarbonyl (C=S) groups is 1. The predicted molar refractivity (Wildman–Crippen MR) is 249 cm³/mol. The summed E-state index contributed by atoms with van der Waals surface area (Å²) in [6.45, 7) is 11.1. The highest BCUT2D eigenvalue weighted by Gasteiger charge is 2.56. The number of rotatable bonds is 10. The first-order chi connectivity index (χ1) is 31.7. The molecule has 0 spiro atoms. The topological polar surface area (TPSA) is 223 Å². The van der Waals surface area contributed by atoms with E-state index in [1.165, 1.54) is 21.3 Å². The number of fused-ring (bicyclic) bond motifs is 3. The van der Waals surface area contributed by atoms with Gasteiger partial charge in [-0.1, -0.05) is 45.4 Å². The van der Waals surface area contributed by atoms with Crippen molar-refractivity contribution in [2.24, 2.45) is 29.6 Å². The van der Waals surface area contributed by atoms with Gasteiger partial charge in [-0.15, -0.1) is 0 Å². The Morgan fingerprint density at radius 2 is 1.60 bits per heavy atom. The normalized spacial score (nSPS) is 36.4. The summed E-state index contributed by atoms with van der Waals surface area (Å²) in [6.07, 6.45) is 2.64. The molecule has 67 heavy (non-hydrogen) atoms. The molecule has 0 aromatic heterocycles. The molecule has 1 aliphatic carbocycles. The molecule has 18 heteroatoms. The van der Waals surface area contributed by atoms with E-state index in [1.807, 2.05) is 32.9 Å². The monoisotopic (exact) mass is 964 g/mol. The molecule has 4 rings (SSSR count). The number of piperidine rings is 1. The van der Waals surface area contributed by atoms with Crippen LogP contribution in [0.2, 0.25) is 0 Å². The lowest BCUT2D eigenvalue weighted by Crippen LogP contribution is -2.64. The first-order valence-corrected chi connectivity index (χ1v) is 24.3. The van der Waals surface area contributed by atoms with Gasteiger partial charge in [0.25, 0.3) is 16.9 Å². The van der Waals surface area contributed by atoms with Crippen molar-refractivity contribution in [1.29, 1.82) is 0 Å². The molecular weight excluding hydrogens is 889 g/mol. The Kier molecular flexibility index (Phi) is 21.6. The van der Waals surface area contributed by atoms with Crippen molar-refractivity contribution in [3.63, 3.8) is 0 Å². The summed E-state index contributed by atoms with van der Waals surface area (Å²) in [5.74, 6) is -9.01. The number of hydrogen-bond acceptors (Lipinski definition) is 16. The zero-order chi connectivity index (χ0) is 49.7. The molecule has 0 radical (unpaired) electrons. The van der Waals surface area contributed by atoms with Crippen LogP contribution in [-0.4, -0.2) is 145 Å². The van der Waals surface area contributed by atoms with Crippen molar-refractivity contribution in [1.82, 2.24) is 10.2 Å². The third-order valence-corrected chi connectivity index (χ3v) is 14.3. The number of Topliss-reactive ketones (excluding diaryl/α,β-unsaturated/α-hetero) is 2. The summed E-state index contributed by atoms with van der Waals surface area (Å²) in [5.41, 5.74) is 1.57. The molecular formula is C49H76N2O15S. The molecule has 17 nitrogen and oxygen atoms in total. The molecule has 14 atom stereocenters. The summed E-state index contributed by atoms with van der Waals surface area (Å²) in [5, 5.41) is 26.3. The largest absolute Gasteiger partial charge is 0.469 e. The van der Waals surface area contributed by atoms with Crippen molar-refractivity contribution in [2.75, 3.05) is 35.0 Å². The second kappa shape index (κ2) is 25.8. The molecule has 4 aliphatic rings. The Balaban J connectivity index is 1.67. The molecule has 0 aromatic rings. The number of esters is 2. The van der Waals surface area contributed by atoms with Gasteiger partial charge in [0, 0.05) is 58.5 Å². The van der Waals surface area contributed by atoms with Crippen molar-refractivity contribution < 1.29 is 72.1 Å². The number of cyclic esters (lactones) is 1. The van der Waals surface area contributed by atoms with E-state index in [-0.39, 0.29) is 61.4 Å². The number of allylic oxidation sites excluding steroid dienone is 3. The number of hydrogen-bond donors (Lipinski definition) is 3. The fourth-order valence-corrected chi connectivity index (χ4v) is 10.4. The van der Waals surface area contributed by atoms with Crippen LogP contribution in [0.3, 0.4) is 0 Å². The number of amides is 2. The molecule has 2 bridgehead atoms. The Bertz CT molecular complexity index is 1820. The van der Waals surface area contributed by atoms with Crippen LogP contribution in [0.4, 0.5) is 0 Å². The van der Waals surface area contributed by atoms with Gasteiger partial charge in [0.05, 0.1) is 37.9 Å². The molecule has 0 unspecified atom stereocenters. The zero-order valence-corrected chi connectivity index (χ0v) is 41.9. The van der Waals surface area contributed by atoms with Gasteiger partial charge in [-0.05, 0) is 108 Å². The van der Waals surface area contributed by atoms with E-state index in [9.17, 15) is 39.0 Å². The number of aliphatic hydroxyl groups is 2. The molecule has 3 N–H and O–H groups in total. The number of ether oxygens (including phenoxy) is 7. The van der Waals surface area contributed by atoms with E-state index < -0.39 is 102 Å². The van der Waals surface area contributed by atoms with Crippen LogP contribution in [0.5, 0.6) is 0 Å². The minimum atomic E-state index is -2.54. The van der Waals surface area contributed by atoms with Crippen LogP contribution < -0.4 is 5.32 Å². The average molecular weight is 965 g/mol. The van der Waals surface area contributed by atoms with Crippen LogP contribution in [0.15, 0.2) is 23.3 Å². The van der Waals surface area contributed by atoms with Crippen molar-refractivity contribution in [3.05, 3.63) is 23.3 Å². The fourth-order valence-electron chi connectivity index (χ4n) is 10.2. The summed E-state index contributed by atoms with van der Waals surface area (Å²) < 4.78 is 40.7. The predicted octanol–water partition coefficient (Wildman–Crippen LogP) is 4.85. The van der Waals surface area contributed by atoms with Gasteiger partial charge in [0.15, 0.2) is 0 Å². The summed E-state index contributed by atoms with van der Waals surface area (Å²) in [7, 11) is 5.82. The number of carbonyl (C=O) groups is 6. The van der Waals surface area contributed by atoms with E-state index in [1.54, 1.807) is 27.9 Å². The number of methoxy groups -OCH3 is 4. The fraction of sp³-hybridized carbons (Fsp3) is 0.776. The maximum atomic E-state index is 14.5. The Hall–Kier alpha value is -3.65. The Morgan fingerprint density at radius 3 is 2.24 bits per heavy atom. The van der Waals surface area contributed by atoms with E-state index in [2.05, 4.69) is 10.1 Å². The first kappa shape index (κ1) is 55.9.